The van der Waals surface area contributed by atoms with E-state index in [1.54, 1.807) is 0 Å². The molecule has 1 aliphatic carbocycles. The molecule has 1 aromatic carbocycles. The molecule has 0 amide bonds. The number of carboxylic acids is 1. The van der Waals surface area contributed by atoms with Gasteiger partial charge in [0, 0.05) is 6.07 Å². The summed E-state index contributed by atoms with van der Waals surface area (Å²) in [6.45, 7) is -0.0963. The van der Waals surface area contributed by atoms with Gasteiger partial charge in [-0.3, -0.25) is 4.79 Å². The summed E-state index contributed by atoms with van der Waals surface area (Å²) in [6.07, 6.45) is 0.713. The maximum atomic E-state index is 13.5. The number of phenolic OH excluding ortho intramolecular Hbond substituents is 1. The van der Waals surface area contributed by atoms with Crippen LogP contribution in [-0.2, 0) is 10.2 Å². The zero-order valence-corrected chi connectivity index (χ0v) is 8.70. The minimum absolute atomic E-state index is 0.00231. The molecule has 0 atom stereocenters. The molecule has 1 heterocycles. The molecule has 2 N–H and O–H groups in total. The van der Waals surface area contributed by atoms with E-state index >= 15 is 0 Å². The molecule has 1 fully saturated rings. The Balaban J connectivity index is 2.26. The number of rotatable bonds is 2. The van der Waals surface area contributed by atoms with Gasteiger partial charge in [-0.25, -0.2) is 4.39 Å². The number of halogens is 1. The Morgan fingerprint density at radius 3 is 2.71 bits per heavy atom. The van der Waals surface area contributed by atoms with E-state index in [2.05, 4.69) is 0 Å². The third-order valence-corrected chi connectivity index (χ3v) is 3.23. The SMILES string of the molecule is O=C(O)C1(c2c(O)c(F)cc3c2OCO3)CC1. The lowest BCUT2D eigenvalue weighted by Crippen LogP contribution is -2.20. The lowest BCUT2D eigenvalue weighted by molar-refractivity contribution is -0.140. The van der Waals surface area contributed by atoms with Crippen LogP contribution in [0.3, 0.4) is 0 Å². The third-order valence-electron chi connectivity index (χ3n) is 3.23. The van der Waals surface area contributed by atoms with Crippen LogP contribution in [0.2, 0.25) is 0 Å². The molecule has 0 bridgehead atoms. The largest absolute Gasteiger partial charge is 0.505 e. The molecule has 0 spiro atoms. The average molecular weight is 240 g/mol. The highest BCUT2D eigenvalue weighted by atomic mass is 19.1. The van der Waals surface area contributed by atoms with E-state index in [0.29, 0.717) is 12.8 Å². The van der Waals surface area contributed by atoms with E-state index in [9.17, 15) is 19.4 Å². The van der Waals surface area contributed by atoms with Gasteiger partial charge >= 0.3 is 5.97 Å². The number of phenols is 1. The minimum Gasteiger partial charge on any atom is -0.505 e. The number of carboxylic acid groups (broad SMARTS) is 1. The highest BCUT2D eigenvalue weighted by molar-refractivity contribution is 5.88. The summed E-state index contributed by atoms with van der Waals surface area (Å²) in [6, 6.07) is 0.999. The van der Waals surface area contributed by atoms with Crippen LogP contribution < -0.4 is 9.47 Å². The van der Waals surface area contributed by atoms with Crippen molar-refractivity contribution in [3.8, 4) is 17.2 Å². The monoisotopic (exact) mass is 240 g/mol. The zero-order valence-electron chi connectivity index (χ0n) is 8.70. The molecule has 1 aromatic rings. The normalized spacial score (nSPS) is 19.1. The Morgan fingerprint density at radius 2 is 2.12 bits per heavy atom. The molecule has 5 nitrogen and oxygen atoms in total. The van der Waals surface area contributed by atoms with Crippen molar-refractivity contribution in [1.82, 2.24) is 0 Å². The van der Waals surface area contributed by atoms with E-state index in [4.69, 9.17) is 9.47 Å². The fraction of sp³-hybridized carbons (Fsp3) is 0.364. The molecule has 1 aliphatic heterocycles. The first-order chi connectivity index (χ1) is 8.06. The van der Waals surface area contributed by atoms with Gasteiger partial charge in [0.15, 0.2) is 23.1 Å². The van der Waals surface area contributed by atoms with E-state index in [1.807, 2.05) is 0 Å². The second-order valence-corrected chi connectivity index (χ2v) is 4.20. The standard InChI is InChI=1S/C11H9FO5/c12-5-3-6-9(17-4-16-6)7(8(5)13)11(1-2-11)10(14)15/h3,13H,1-2,4H2,(H,14,15). The first-order valence-corrected chi connectivity index (χ1v) is 5.11. The molecule has 3 rings (SSSR count). The Kier molecular flexibility index (Phi) is 1.81. The van der Waals surface area contributed by atoms with Crippen molar-refractivity contribution in [2.24, 2.45) is 0 Å². The Hall–Kier alpha value is -1.98. The molecular weight excluding hydrogens is 231 g/mol. The molecule has 0 saturated heterocycles. The lowest BCUT2D eigenvalue weighted by Gasteiger charge is -2.15. The minimum atomic E-state index is -1.23. The topological polar surface area (TPSA) is 76.0 Å². The quantitative estimate of drug-likeness (QED) is 0.816. The van der Waals surface area contributed by atoms with Gasteiger partial charge in [-0.05, 0) is 12.8 Å². The molecule has 17 heavy (non-hydrogen) atoms. The van der Waals surface area contributed by atoms with Crippen LogP contribution >= 0.6 is 0 Å². The third kappa shape index (κ3) is 1.20. The van der Waals surface area contributed by atoms with Crippen molar-refractivity contribution in [2.75, 3.05) is 6.79 Å². The highest BCUT2D eigenvalue weighted by Crippen LogP contribution is 2.58. The smallest absolute Gasteiger partial charge is 0.314 e. The summed E-state index contributed by atoms with van der Waals surface area (Å²) in [7, 11) is 0. The fourth-order valence-electron chi connectivity index (χ4n) is 2.14. The number of ether oxygens (including phenoxy) is 2. The second kappa shape index (κ2) is 3.03. The van der Waals surface area contributed by atoms with Crippen LogP contribution in [0.15, 0.2) is 6.07 Å². The summed E-state index contributed by atoms with van der Waals surface area (Å²) >= 11 is 0. The fourth-order valence-corrected chi connectivity index (χ4v) is 2.14. The van der Waals surface area contributed by atoms with Crippen molar-refractivity contribution in [3.63, 3.8) is 0 Å². The Bertz CT molecular complexity index is 521. The molecule has 1 saturated carbocycles. The van der Waals surface area contributed by atoms with Gasteiger partial charge in [0.05, 0.1) is 5.56 Å². The first kappa shape index (κ1) is 10.2. The van der Waals surface area contributed by atoms with Crippen molar-refractivity contribution in [2.45, 2.75) is 18.3 Å². The number of carbonyl (C=O) groups is 1. The van der Waals surface area contributed by atoms with Crippen molar-refractivity contribution < 1.29 is 28.9 Å². The van der Waals surface area contributed by atoms with Crippen LogP contribution in [0.4, 0.5) is 4.39 Å². The van der Waals surface area contributed by atoms with Crippen LogP contribution in [0.25, 0.3) is 0 Å². The van der Waals surface area contributed by atoms with Crippen LogP contribution in [0.1, 0.15) is 18.4 Å². The maximum Gasteiger partial charge on any atom is 0.314 e. The molecule has 6 heteroatoms. The summed E-state index contributed by atoms with van der Waals surface area (Å²) in [4.78, 5) is 11.2. The van der Waals surface area contributed by atoms with Crippen LogP contribution in [-0.4, -0.2) is 23.0 Å². The molecule has 2 aliphatic rings. The zero-order chi connectivity index (χ0) is 12.2. The molecular formula is C11H9FO5. The number of benzene rings is 1. The number of hydrogen-bond acceptors (Lipinski definition) is 4. The van der Waals surface area contributed by atoms with E-state index in [-0.39, 0.29) is 23.9 Å². The molecule has 0 aromatic heterocycles. The number of aromatic hydroxyl groups is 1. The highest BCUT2D eigenvalue weighted by Gasteiger charge is 2.56. The molecule has 0 unspecified atom stereocenters. The summed E-state index contributed by atoms with van der Waals surface area (Å²) in [5.74, 6) is -2.35. The van der Waals surface area contributed by atoms with E-state index < -0.39 is 23.0 Å². The van der Waals surface area contributed by atoms with Gasteiger partial charge in [-0.1, -0.05) is 0 Å². The molecule has 0 radical (unpaired) electrons. The van der Waals surface area contributed by atoms with Crippen molar-refractivity contribution in [3.05, 3.63) is 17.4 Å². The van der Waals surface area contributed by atoms with Gasteiger partial charge in [0.2, 0.25) is 6.79 Å². The van der Waals surface area contributed by atoms with E-state index in [0.717, 1.165) is 6.07 Å². The Labute approximate surface area is 95.4 Å². The summed E-state index contributed by atoms with van der Waals surface area (Å²) in [5.41, 5.74) is -1.23. The van der Waals surface area contributed by atoms with Gasteiger partial charge in [-0.15, -0.1) is 0 Å². The first-order valence-electron chi connectivity index (χ1n) is 5.11. The summed E-state index contributed by atoms with van der Waals surface area (Å²) < 4.78 is 23.6. The average Bonchev–Trinajstić information content (AvgIpc) is 2.95. The Morgan fingerprint density at radius 1 is 1.41 bits per heavy atom. The van der Waals surface area contributed by atoms with Crippen molar-refractivity contribution >= 4 is 5.97 Å². The van der Waals surface area contributed by atoms with Gasteiger partial charge < -0.3 is 19.7 Å². The van der Waals surface area contributed by atoms with Crippen LogP contribution in [0, 0.1) is 5.82 Å². The van der Waals surface area contributed by atoms with Gasteiger partial charge in [0.25, 0.3) is 0 Å². The molecule has 90 valence electrons. The summed E-state index contributed by atoms with van der Waals surface area (Å²) in [5, 5.41) is 18.9. The maximum absolute atomic E-state index is 13.5. The predicted octanol–water partition coefficient (Wildman–Crippen LogP) is 1.38. The number of fused-ring (bicyclic) bond motifs is 1. The van der Waals surface area contributed by atoms with Gasteiger partial charge in [-0.2, -0.15) is 0 Å². The van der Waals surface area contributed by atoms with Crippen molar-refractivity contribution in [1.29, 1.82) is 0 Å². The number of aliphatic carboxylic acids is 1. The van der Waals surface area contributed by atoms with Crippen LogP contribution in [0.5, 0.6) is 17.2 Å². The second-order valence-electron chi connectivity index (χ2n) is 4.20. The lowest BCUT2D eigenvalue weighted by atomic mass is 9.93. The van der Waals surface area contributed by atoms with Gasteiger partial charge in [0.1, 0.15) is 5.41 Å². The number of hydrogen-bond donors (Lipinski definition) is 2. The van der Waals surface area contributed by atoms with E-state index in [1.165, 1.54) is 0 Å². The predicted molar refractivity (Wildman–Crippen MR) is 52.7 cm³/mol.